The molecule has 2 aliphatic heterocycles. The molecule has 1 saturated heterocycles. The lowest BCUT2D eigenvalue weighted by atomic mass is 9.95. The van der Waals surface area contributed by atoms with Gasteiger partial charge in [-0.05, 0) is 6.92 Å². The van der Waals surface area contributed by atoms with Crippen LogP contribution in [0.4, 0.5) is 17.3 Å². The molecule has 3 N–H and O–H groups in total. The molecule has 0 spiro atoms. The average Bonchev–Trinajstić information content (AvgIpc) is 3.24. The van der Waals surface area contributed by atoms with Crippen LogP contribution in [0.3, 0.4) is 0 Å². The fourth-order valence-corrected chi connectivity index (χ4v) is 4.31. The molecule has 2 aromatic heterocycles. The first kappa shape index (κ1) is 25.1. The smallest absolute Gasteiger partial charge is 0.309 e. The zero-order chi connectivity index (χ0) is 26.4. The highest BCUT2D eigenvalue weighted by Crippen LogP contribution is 2.48. The summed E-state index contributed by atoms with van der Waals surface area (Å²) in [6.07, 6.45) is -0.255. The second-order valence-electron chi connectivity index (χ2n) is 9.07. The first-order valence-electron chi connectivity index (χ1n) is 11.3. The number of ether oxygens (including phenoxy) is 4. The average molecular weight is 501 g/mol. The number of nitrogens with zero attached hydrogens (tertiary/aromatic N) is 3. The molecular formula is C23H27N5O8. The number of anilines is 2. The fraction of sp³-hybridized carbons (Fsp3) is 0.478. The Balaban J connectivity index is 1.92. The van der Waals surface area contributed by atoms with E-state index in [2.05, 4.69) is 15.3 Å². The summed E-state index contributed by atoms with van der Waals surface area (Å²) < 4.78 is 24.5. The van der Waals surface area contributed by atoms with Gasteiger partial charge in [-0.25, -0.2) is 4.99 Å². The minimum absolute atomic E-state index is 0.152. The van der Waals surface area contributed by atoms with Crippen LogP contribution in [0, 0.1) is 5.92 Å². The van der Waals surface area contributed by atoms with Gasteiger partial charge >= 0.3 is 17.9 Å². The zero-order valence-electron chi connectivity index (χ0n) is 20.4. The largest absolute Gasteiger partial charge is 0.463 e. The summed E-state index contributed by atoms with van der Waals surface area (Å²) in [6, 6.07) is 1.19. The molecule has 13 nitrogen and oxygen atoms in total. The number of nitrogen functional groups attached to an aromatic ring is 1. The number of carbonyl (C=O) groups excluding carboxylic acids is 3. The van der Waals surface area contributed by atoms with E-state index >= 15 is 0 Å². The quantitative estimate of drug-likeness (QED) is 0.433. The van der Waals surface area contributed by atoms with E-state index in [4.69, 9.17) is 24.7 Å². The molecule has 1 unspecified atom stereocenters. The van der Waals surface area contributed by atoms with E-state index in [0.717, 1.165) is 0 Å². The number of aliphatic imine (C=N–C) groups is 1. The van der Waals surface area contributed by atoms with Crippen molar-refractivity contribution in [2.45, 2.75) is 58.7 Å². The van der Waals surface area contributed by atoms with E-state index in [0.29, 0.717) is 16.6 Å². The maximum absolute atomic E-state index is 12.8. The third-order valence-electron chi connectivity index (χ3n) is 5.93. The summed E-state index contributed by atoms with van der Waals surface area (Å²) in [6.45, 7) is 7.08. The summed E-state index contributed by atoms with van der Waals surface area (Å²) in [7, 11) is 0. The van der Waals surface area contributed by atoms with E-state index in [9.17, 15) is 19.2 Å². The van der Waals surface area contributed by atoms with Crippen LogP contribution in [0.5, 0.6) is 0 Å². The maximum Gasteiger partial charge on any atom is 0.309 e. The normalized spacial score (nSPS) is 24.4. The molecule has 4 heterocycles. The van der Waals surface area contributed by atoms with Crippen LogP contribution in [0.15, 0.2) is 22.1 Å². The van der Waals surface area contributed by atoms with Gasteiger partial charge in [0.15, 0.2) is 17.9 Å². The molecule has 13 heteroatoms. The fourth-order valence-electron chi connectivity index (χ4n) is 4.31. The predicted octanol–water partition coefficient (Wildman–Crippen LogP) is 1.41. The number of nitrogens with one attached hydrogen (secondary N) is 1. The third kappa shape index (κ3) is 4.37. The van der Waals surface area contributed by atoms with Crippen LogP contribution in [-0.2, 0) is 33.3 Å². The monoisotopic (exact) mass is 501 g/mol. The van der Waals surface area contributed by atoms with Crippen LogP contribution in [0.2, 0.25) is 0 Å². The van der Waals surface area contributed by atoms with Gasteiger partial charge in [-0.3, -0.25) is 19.2 Å². The van der Waals surface area contributed by atoms with Crippen LogP contribution < -0.4 is 16.6 Å². The summed E-state index contributed by atoms with van der Waals surface area (Å²) >= 11 is 0. The molecule has 1 fully saturated rings. The van der Waals surface area contributed by atoms with Crippen molar-refractivity contribution >= 4 is 52.3 Å². The highest BCUT2D eigenvalue weighted by Gasteiger charge is 2.60. The van der Waals surface area contributed by atoms with Crippen LogP contribution in [-0.4, -0.2) is 58.2 Å². The Morgan fingerprint density at radius 2 is 2.00 bits per heavy atom. The Morgan fingerprint density at radius 3 is 2.64 bits per heavy atom. The first-order valence-corrected chi connectivity index (χ1v) is 11.3. The Morgan fingerprint density at radius 1 is 1.28 bits per heavy atom. The lowest BCUT2D eigenvalue weighted by Gasteiger charge is -2.35. The number of carbonyl (C=O) groups is 3. The summed E-state index contributed by atoms with van der Waals surface area (Å²) in [5.74, 6) is -1.71. The van der Waals surface area contributed by atoms with E-state index in [1.807, 2.05) is 0 Å². The van der Waals surface area contributed by atoms with Crippen molar-refractivity contribution in [3.05, 3.63) is 22.6 Å². The zero-order valence-corrected chi connectivity index (χ0v) is 20.4. The molecule has 36 heavy (non-hydrogen) atoms. The van der Waals surface area contributed by atoms with Gasteiger partial charge in [-0.1, -0.05) is 13.8 Å². The van der Waals surface area contributed by atoms with Gasteiger partial charge in [0.05, 0.1) is 17.6 Å². The topological polar surface area (TPSA) is 173 Å². The minimum atomic E-state index is -1.57. The number of rotatable bonds is 6. The molecule has 0 bridgehead atoms. The number of aromatic nitrogens is 2. The molecule has 2 aliphatic rings. The number of nitrogens with two attached hydrogens (primary N) is 1. The SMILES string of the molecule is CC(=O)OC[C@H]1OC(n2cc3c(N)cc(=O)nc4c3c2N=CN4)[C@@](C)(OC(=O)C(C)C)[C@@H]1OC(C)=O. The van der Waals surface area contributed by atoms with Crippen molar-refractivity contribution in [3.8, 4) is 0 Å². The molecule has 192 valence electrons. The van der Waals surface area contributed by atoms with Gasteiger partial charge in [0, 0.05) is 37.2 Å². The first-order chi connectivity index (χ1) is 16.9. The summed E-state index contributed by atoms with van der Waals surface area (Å²) in [5.41, 5.74) is 4.21. The lowest BCUT2D eigenvalue weighted by molar-refractivity contribution is -0.189. The van der Waals surface area contributed by atoms with E-state index in [1.54, 1.807) is 31.5 Å². The second kappa shape index (κ2) is 9.22. The van der Waals surface area contributed by atoms with Gasteiger partial charge in [0.2, 0.25) is 0 Å². The molecule has 0 aliphatic carbocycles. The van der Waals surface area contributed by atoms with E-state index in [-0.39, 0.29) is 18.1 Å². The van der Waals surface area contributed by atoms with Crippen molar-refractivity contribution in [2.24, 2.45) is 10.9 Å². The Labute approximate surface area is 205 Å². The number of hydrogen-bond donors (Lipinski definition) is 2. The lowest BCUT2D eigenvalue weighted by Crippen LogP contribution is -2.50. The Kier molecular flexibility index (Phi) is 6.43. The molecule has 4 atom stereocenters. The molecule has 0 amide bonds. The van der Waals surface area contributed by atoms with Crippen LogP contribution >= 0.6 is 0 Å². The van der Waals surface area contributed by atoms with Crippen LogP contribution in [0.25, 0.3) is 10.8 Å². The molecule has 0 saturated carbocycles. The maximum atomic E-state index is 12.8. The van der Waals surface area contributed by atoms with Crippen molar-refractivity contribution < 1.29 is 33.3 Å². The van der Waals surface area contributed by atoms with Gasteiger partial charge in [-0.2, -0.15) is 4.98 Å². The van der Waals surface area contributed by atoms with Crippen molar-refractivity contribution in [1.82, 2.24) is 9.55 Å². The molecule has 0 radical (unpaired) electrons. The molecular weight excluding hydrogens is 474 g/mol. The minimum Gasteiger partial charge on any atom is -0.463 e. The van der Waals surface area contributed by atoms with E-state index in [1.165, 1.54) is 26.3 Å². The van der Waals surface area contributed by atoms with Crippen molar-refractivity contribution in [3.63, 3.8) is 0 Å². The third-order valence-corrected chi connectivity index (χ3v) is 5.93. The van der Waals surface area contributed by atoms with Gasteiger partial charge in [0.1, 0.15) is 24.3 Å². The Bertz CT molecular complexity index is 1340. The number of esters is 3. The second-order valence-corrected chi connectivity index (χ2v) is 9.07. The summed E-state index contributed by atoms with van der Waals surface area (Å²) in [5, 5.41) is 3.74. The van der Waals surface area contributed by atoms with Gasteiger partial charge < -0.3 is 34.6 Å². The standard InChI is InChI=1S/C23H27N5O8/c1-10(2)21(32)36-23(5)18(34-12(4)30)15(8-33-11(3)29)35-22(23)28-7-13-14(24)6-16(31)27-19-17(13)20(28)26-9-25-19/h6-7,9-10,15,18,22H,8,24H2,1-5H3,(H,25,26,27,31)/t15-,18-,22?,23+/m1/s1. The molecule has 4 rings (SSSR count). The van der Waals surface area contributed by atoms with Crippen molar-refractivity contribution in [2.75, 3.05) is 17.7 Å². The predicted molar refractivity (Wildman–Crippen MR) is 128 cm³/mol. The Hall–Kier alpha value is -4.00. The summed E-state index contributed by atoms with van der Waals surface area (Å²) in [4.78, 5) is 56.9. The highest BCUT2D eigenvalue weighted by molar-refractivity contribution is 6.10. The van der Waals surface area contributed by atoms with Gasteiger partial charge in [-0.15, -0.1) is 0 Å². The van der Waals surface area contributed by atoms with Gasteiger partial charge in [0.25, 0.3) is 5.56 Å². The van der Waals surface area contributed by atoms with Crippen LogP contribution in [0.1, 0.15) is 40.8 Å². The molecule has 0 aromatic carbocycles. The number of hydrogen-bond acceptors (Lipinski definition) is 12. The van der Waals surface area contributed by atoms with Crippen molar-refractivity contribution in [1.29, 1.82) is 0 Å². The van der Waals surface area contributed by atoms with E-state index < -0.39 is 53.4 Å². The highest BCUT2D eigenvalue weighted by atomic mass is 16.7. The molecule has 2 aromatic rings.